The van der Waals surface area contributed by atoms with Gasteiger partial charge in [-0.15, -0.1) is 11.3 Å². The number of anilines is 1. The highest BCUT2D eigenvalue weighted by molar-refractivity contribution is 7.13. The number of carbonyl (C=O) groups excluding carboxylic acids is 1. The molecule has 3 aromatic heterocycles. The maximum Gasteiger partial charge on any atom is 0.225 e. The van der Waals surface area contributed by atoms with Gasteiger partial charge in [0.15, 0.2) is 0 Å². The largest absolute Gasteiger partial charge is 0.339 e. The van der Waals surface area contributed by atoms with Gasteiger partial charge in [-0.3, -0.25) is 9.78 Å². The van der Waals surface area contributed by atoms with Crippen LogP contribution >= 0.6 is 11.3 Å². The summed E-state index contributed by atoms with van der Waals surface area (Å²) in [4.78, 5) is 33.9. The van der Waals surface area contributed by atoms with Gasteiger partial charge in [0.05, 0.1) is 5.69 Å². The van der Waals surface area contributed by atoms with Crippen LogP contribution < -0.4 is 4.90 Å². The molecule has 0 radical (unpaired) electrons. The molecule has 138 valence electrons. The number of carbonyl (C=O) groups is 1. The molecule has 8 heteroatoms. The summed E-state index contributed by atoms with van der Waals surface area (Å²) in [6, 6.07) is 5.71. The van der Waals surface area contributed by atoms with Gasteiger partial charge in [0.2, 0.25) is 11.9 Å². The highest BCUT2D eigenvalue weighted by atomic mass is 32.1. The number of rotatable bonds is 5. The van der Waals surface area contributed by atoms with Crippen molar-refractivity contribution >= 4 is 23.2 Å². The van der Waals surface area contributed by atoms with Gasteiger partial charge in [-0.05, 0) is 24.6 Å². The zero-order valence-corrected chi connectivity index (χ0v) is 15.7. The molecule has 0 spiro atoms. The quantitative estimate of drug-likeness (QED) is 0.676. The SMILES string of the molecule is O=C(CCc1csc(-c2cccnc2)n1)N1CCN(c2ncccn2)CC1. The molecular weight excluding hydrogens is 360 g/mol. The topological polar surface area (TPSA) is 75.1 Å². The third-order valence-corrected chi connectivity index (χ3v) is 5.46. The Morgan fingerprint density at radius 3 is 2.63 bits per heavy atom. The normalized spacial score (nSPS) is 14.4. The minimum absolute atomic E-state index is 0.180. The van der Waals surface area contributed by atoms with Crippen LogP contribution in [0, 0.1) is 0 Å². The summed E-state index contributed by atoms with van der Waals surface area (Å²) in [5, 5.41) is 2.97. The molecule has 0 aliphatic carbocycles. The second-order valence-corrected chi connectivity index (χ2v) is 7.16. The van der Waals surface area contributed by atoms with Gasteiger partial charge in [-0.25, -0.2) is 15.0 Å². The molecule has 1 amide bonds. The fraction of sp³-hybridized carbons (Fsp3) is 0.316. The molecule has 1 fully saturated rings. The van der Waals surface area contributed by atoms with Crippen molar-refractivity contribution in [2.45, 2.75) is 12.8 Å². The van der Waals surface area contributed by atoms with E-state index in [9.17, 15) is 4.79 Å². The number of thiazole rings is 1. The molecular formula is C19H20N6OS. The third-order valence-electron chi connectivity index (χ3n) is 4.52. The van der Waals surface area contributed by atoms with Crippen molar-refractivity contribution in [3.8, 4) is 10.6 Å². The van der Waals surface area contributed by atoms with E-state index < -0.39 is 0 Å². The first-order chi connectivity index (χ1) is 13.3. The molecule has 27 heavy (non-hydrogen) atoms. The molecule has 1 aliphatic heterocycles. The van der Waals surface area contributed by atoms with E-state index in [1.165, 1.54) is 0 Å². The standard InChI is InChI=1S/C19H20N6OS/c26-17(24-9-11-25(12-10-24)19-21-7-2-8-22-19)5-4-16-14-27-18(23-16)15-3-1-6-20-13-15/h1-3,6-8,13-14H,4-5,9-12H2. The second kappa shape index (κ2) is 8.22. The molecule has 0 bridgehead atoms. The van der Waals surface area contributed by atoms with Crippen LogP contribution in [0.5, 0.6) is 0 Å². The van der Waals surface area contributed by atoms with E-state index in [1.54, 1.807) is 29.9 Å². The first-order valence-corrected chi connectivity index (χ1v) is 9.82. The number of hydrogen-bond donors (Lipinski definition) is 0. The molecule has 1 saturated heterocycles. The maximum atomic E-state index is 12.5. The lowest BCUT2D eigenvalue weighted by atomic mass is 10.2. The highest BCUT2D eigenvalue weighted by Crippen LogP contribution is 2.23. The predicted molar refractivity (Wildman–Crippen MR) is 104 cm³/mol. The third kappa shape index (κ3) is 4.28. The molecule has 0 saturated carbocycles. The van der Waals surface area contributed by atoms with Crippen LogP contribution in [-0.2, 0) is 11.2 Å². The van der Waals surface area contributed by atoms with E-state index in [0.717, 1.165) is 35.3 Å². The van der Waals surface area contributed by atoms with Crippen molar-refractivity contribution in [2.24, 2.45) is 0 Å². The molecule has 0 unspecified atom stereocenters. The van der Waals surface area contributed by atoms with Gasteiger partial charge < -0.3 is 9.80 Å². The number of pyridine rings is 1. The first kappa shape index (κ1) is 17.5. The van der Waals surface area contributed by atoms with E-state index in [-0.39, 0.29) is 5.91 Å². The van der Waals surface area contributed by atoms with Crippen LogP contribution in [-0.4, -0.2) is 56.9 Å². The average Bonchev–Trinajstić information content (AvgIpc) is 3.22. The van der Waals surface area contributed by atoms with Crippen LogP contribution in [0.4, 0.5) is 5.95 Å². The predicted octanol–water partition coefficient (Wildman–Crippen LogP) is 2.28. The minimum atomic E-state index is 0.180. The van der Waals surface area contributed by atoms with Crippen molar-refractivity contribution in [1.82, 2.24) is 24.8 Å². The van der Waals surface area contributed by atoms with Gasteiger partial charge >= 0.3 is 0 Å². The Labute approximate surface area is 161 Å². The second-order valence-electron chi connectivity index (χ2n) is 6.30. The number of aromatic nitrogens is 4. The summed E-state index contributed by atoms with van der Waals surface area (Å²) in [7, 11) is 0. The van der Waals surface area contributed by atoms with Crippen molar-refractivity contribution in [1.29, 1.82) is 0 Å². The van der Waals surface area contributed by atoms with Crippen LogP contribution in [0.25, 0.3) is 10.6 Å². The van der Waals surface area contributed by atoms with Gasteiger partial charge in [0, 0.05) is 68.3 Å². The van der Waals surface area contributed by atoms with Crippen LogP contribution in [0.1, 0.15) is 12.1 Å². The fourth-order valence-electron chi connectivity index (χ4n) is 3.05. The lowest BCUT2D eigenvalue weighted by Gasteiger charge is -2.34. The van der Waals surface area contributed by atoms with Crippen molar-refractivity contribution in [2.75, 3.05) is 31.1 Å². The first-order valence-electron chi connectivity index (χ1n) is 8.94. The summed E-state index contributed by atoms with van der Waals surface area (Å²) in [5.74, 6) is 0.912. The molecule has 4 rings (SSSR count). The molecule has 0 atom stereocenters. The number of aryl methyl sites for hydroxylation is 1. The number of nitrogens with zero attached hydrogens (tertiary/aromatic N) is 6. The lowest BCUT2D eigenvalue weighted by molar-refractivity contribution is -0.131. The molecule has 0 aromatic carbocycles. The lowest BCUT2D eigenvalue weighted by Crippen LogP contribution is -2.49. The van der Waals surface area contributed by atoms with Crippen LogP contribution in [0.2, 0.25) is 0 Å². The molecule has 0 N–H and O–H groups in total. The van der Waals surface area contributed by atoms with Crippen LogP contribution in [0.3, 0.4) is 0 Å². The Bertz CT molecular complexity index is 877. The summed E-state index contributed by atoms with van der Waals surface area (Å²) < 4.78 is 0. The van der Waals surface area contributed by atoms with Gasteiger partial charge in [-0.1, -0.05) is 0 Å². The van der Waals surface area contributed by atoms with E-state index in [1.807, 2.05) is 34.7 Å². The van der Waals surface area contributed by atoms with E-state index >= 15 is 0 Å². The Hall–Kier alpha value is -2.87. The van der Waals surface area contributed by atoms with E-state index in [0.29, 0.717) is 25.9 Å². The summed E-state index contributed by atoms with van der Waals surface area (Å²) >= 11 is 1.59. The monoisotopic (exact) mass is 380 g/mol. The molecule has 4 heterocycles. The summed E-state index contributed by atoms with van der Waals surface area (Å²) in [6.45, 7) is 2.93. The smallest absolute Gasteiger partial charge is 0.225 e. The fourth-order valence-corrected chi connectivity index (χ4v) is 3.89. The highest BCUT2D eigenvalue weighted by Gasteiger charge is 2.22. The maximum absolute atomic E-state index is 12.5. The number of hydrogen-bond acceptors (Lipinski definition) is 7. The molecule has 3 aromatic rings. The zero-order chi connectivity index (χ0) is 18.5. The Kier molecular flexibility index (Phi) is 5.34. The number of amides is 1. The molecule has 7 nitrogen and oxygen atoms in total. The summed E-state index contributed by atoms with van der Waals surface area (Å²) in [6.07, 6.45) is 8.20. The van der Waals surface area contributed by atoms with Crippen molar-refractivity contribution in [3.05, 3.63) is 54.1 Å². The average molecular weight is 380 g/mol. The Balaban J connectivity index is 1.27. The Morgan fingerprint density at radius 1 is 1.07 bits per heavy atom. The van der Waals surface area contributed by atoms with Crippen LogP contribution in [0.15, 0.2) is 48.4 Å². The van der Waals surface area contributed by atoms with E-state index in [4.69, 9.17) is 0 Å². The van der Waals surface area contributed by atoms with Gasteiger partial charge in [0.25, 0.3) is 0 Å². The van der Waals surface area contributed by atoms with Crippen molar-refractivity contribution < 1.29 is 4.79 Å². The van der Waals surface area contributed by atoms with E-state index in [2.05, 4.69) is 24.8 Å². The summed E-state index contributed by atoms with van der Waals surface area (Å²) in [5.41, 5.74) is 1.97. The van der Waals surface area contributed by atoms with Gasteiger partial charge in [-0.2, -0.15) is 0 Å². The van der Waals surface area contributed by atoms with Crippen molar-refractivity contribution in [3.63, 3.8) is 0 Å². The minimum Gasteiger partial charge on any atom is -0.339 e. The zero-order valence-electron chi connectivity index (χ0n) is 14.9. The number of piperazine rings is 1. The van der Waals surface area contributed by atoms with Gasteiger partial charge in [0.1, 0.15) is 5.01 Å². The molecule has 1 aliphatic rings. The Morgan fingerprint density at radius 2 is 1.89 bits per heavy atom.